The average molecular weight is 278 g/mol. The highest BCUT2D eigenvalue weighted by Gasteiger charge is 2.27. The van der Waals surface area contributed by atoms with Gasteiger partial charge in [0.1, 0.15) is 16.5 Å². The average Bonchev–Trinajstić information content (AvgIpc) is 2.27. The van der Waals surface area contributed by atoms with Crippen LogP contribution in [0.25, 0.3) is 0 Å². The molecule has 1 aromatic rings. The van der Waals surface area contributed by atoms with E-state index in [9.17, 15) is 17.2 Å². The lowest BCUT2D eigenvalue weighted by Gasteiger charge is -2.24. The third-order valence-corrected chi connectivity index (χ3v) is 4.76. The summed E-state index contributed by atoms with van der Waals surface area (Å²) in [5, 5.41) is 0. The predicted molar refractivity (Wildman–Crippen MR) is 64.4 cm³/mol. The Labute approximate surface area is 105 Å². The number of nitrogens with two attached hydrogens (primary N) is 1. The summed E-state index contributed by atoms with van der Waals surface area (Å²) in [7, 11) is -2.63. The second-order valence-electron chi connectivity index (χ2n) is 4.02. The molecular formula is C11H16F2N2O2S. The third-order valence-electron chi connectivity index (χ3n) is 2.76. The number of sulfonamides is 1. The second-order valence-corrected chi connectivity index (χ2v) is 5.99. The van der Waals surface area contributed by atoms with Crippen molar-refractivity contribution in [1.29, 1.82) is 0 Å². The molecule has 1 rings (SSSR count). The first kappa shape index (κ1) is 15.0. The largest absolute Gasteiger partial charge is 0.330 e. The lowest BCUT2D eigenvalue weighted by Crippen LogP contribution is -2.36. The van der Waals surface area contributed by atoms with Crippen molar-refractivity contribution in [1.82, 2.24) is 4.31 Å². The van der Waals surface area contributed by atoms with Gasteiger partial charge >= 0.3 is 0 Å². The van der Waals surface area contributed by atoms with Crippen molar-refractivity contribution in [2.45, 2.75) is 24.3 Å². The standard InChI is InChI=1S/C11H16F2N2O2S/c1-8(5-6-14)15(2)18(16,17)11-4-3-9(12)7-10(11)13/h3-4,7-8H,5-6,14H2,1-2H3. The van der Waals surface area contributed by atoms with Crippen LogP contribution < -0.4 is 5.73 Å². The summed E-state index contributed by atoms with van der Waals surface area (Å²) in [6.45, 7) is 2.00. The van der Waals surface area contributed by atoms with Crippen molar-refractivity contribution >= 4 is 10.0 Å². The van der Waals surface area contributed by atoms with E-state index < -0.39 is 26.6 Å². The van der Waals surface area contributed by atoms with Crippen LogP contribution in [0.3, 0.4) is 0 Å². The van der Waals surface area contributed by atoms with Gasteiger partial charge in [0, 0.05) is 19.2 Å². The summed E-state index contributed by atoms with van der Waals surface area (Å²) in [5.41, 5.74) is 5.35. The van der Waals surface area contributed by atoms with E-state index in [2.05, 4.69) is 0 Å². The van der Waals surface area contributed by atoms with Crippen LogP contribution in [0.15, 0.2) is 23.1 Å². The van der Waals surface area contributed by atoms with Gasteiger partial charge in [-0.05, 0) is 32.0 Å². The highest BCUT2D eigenvalue weighted by atomic mass is 32.2. The highest BCUT2D eigenvalue weighted by Crippen LogP contribution is 2.21. The quantitative estimate of drug-likeness (QED) is 0.883. The Hall–Kier alpha value is -1.05. The molecule has 4 nitrogen and oxygen atoms in total. The number of rotatable bonds is 5. The minimum absolute atomic E-state index is 0.326. The first-order valence-corrected chi connectivity index (χ1v) is 6.88. The molecule has 7 heteroatoms. The SMILES string of the molecule is CC(CCN)N(C)S(=O)(=O)c1ccc(F)cc1F. The van der Waals surface area contributed by atoms with Gasteiger partial charge in [-0.1, -0.05) is 0 Å². The lowest BCUT2D eigenvalue weighted by molar-refractivity contribution is 0.372. The second kappa shape index (κ2) is 5.73. The summed E-state index contributed by atoms with van der Waals surface area (Å²) in [5.74, 6) is -1.91. The summed E-state index contributed by atoms with van der Waals surface area (Å²) in [4.78, 5) is -0.532. The molecule has 1 atom stereocenters. The first-order chi connectivity index (χ1) is 8.30. The number of benzene rings is 1. The topological polar surface area (TPSA) is 63.4 Å². The summed E-state index contributed by atoms with van der Waals surface area (Å²) >= 11 is 0. The fourth-order valence-corrected chi connectivity index (χ4v) is 2.93. The van der Waals surface area contributed by atoms with Crippen molar-refractivity contribution in [3.05, 3.63) is 29.8 Å². The van der Waals surface area contributed by atoms with Crippen LogP contribution in [0.5, 0.6) is 0 Å². The molecule has 0 fully saturated rings. The van der Waals surface area contributed by atoms with Crippen molar-refractivity contribution in [2.75, 3.05) is 13.6 Å². The predicted octanol–water partition coefficient (Wildman–Crippen LogP) is 1.32. The van der Waals surface area contributed by atoms with E-state index in [1.54, 1.807) is 6.92 Å². The van der Waals surface area contributed by atoms with Crippen LogP contribution in [-0.4, -0.2) is 32.4 Å². The van der Waals surface area contributed by atoms with Crippen LogP contribution in [0.4, 0.5) is 8.78 Å². The van der Waals surface area contributed by atoms with Gasteiger partial charge < -0.3 is 5.73 Å². The maximum atomic E-state index is 13.5. The Bertz CT molecular complexity index is 520. The van der Waals surface area contributed by atoms with Crippen molar-refractivity contribution in [3.8, 4) is 0 Å². The normalized spacial score (nSPS) is 13.9. The van der Waals surface area contributed by atoms with Gasteiger partial charge in [-0.3, -0.25) is 0 Å². The summed E-state index contributed by atoms with van der Waals surface area (Å²) in [6, 6.07) is 2.03. The van der Waals surface area contributed by atoms with Crippen molar-refractivity contribution in [2.24, 2.45) is 5.73 Å². The van der Waals surface area contributed by atoms with Crippen LogP contribution in [0.2, 0.25) is 0 Å². The van der Waals surface area contributed by atoms with E-state index in [1.807, 2.05) is 0 Å². The van der Waals surface area contributed by atoms with E-state index >= 15 is 0 Å². The molecule has 0 aromatic heterocycles. The third kappa shape index (κ3) is 3.04. The van der Waals surface area contributed by atoms with E-state index in [0.29, 0.717) is 19.0 Å². The van der Waals surface area contributed by atoms with Crippen molar-refractivity contribution in [3.63, 3.8) is 0 Å². The molecule has 0 spiro atoms. The van der Waals surface area contributed by atoms with Gasteiger partial charge in [-0.2, -0.15) is 4.31 Å². The molecule has 0 aliphatic rings. The lowest BCUT2D eigenvalue weighted by atomic mass is 10.2. The maximum Gasteiger partial charge on any atom is 0.245 e. The fourth-order valence-electron chi connectivity index (χ4n) is 1.50. The van der Waals surface area contributed by atoms with E-state index in [-0.39, 0.29) is 6.04 Å². The highest BCUT2D eigenvalue weighted by molar-refractivity contribution is 7.89. The van der Waals surface area contributed by atoms with Gasteiger partial charge in [0.25, 0.3) is 0 Å². The molecule has 0 aliphatic heterocycles. The molecule has 0 radical (unpaired) electrons. The summed E-state index contributed by atoms with van der Waals surface area (Å²) in [6.07, 6.45) is 0.457. The van der Waals surface area contributed by atoms with Gasteiger partial charge in [-0.25, -0.2) is 17.2 Å². The molecular weight excluding hydrogens is 262 g/mol. The number of nitrogens with zero attached hydrogens (tertiary/aromatic N) is 1. The Morgan fingerprint density at radius 2 is 2.00 bits per heavy atom. The van der Waals surface area contributed by atoms with Crippen molar-refractivity contribution < 1.29 is 17.2 Å². The Morgan fingerprint density at radius 3 is 2.50 bits per heavy atom. The zero-order chi connectivity index (χ0) is 13.9. The minimum atomic E-state index is -3.97. The first-order valence-electron chi connectivity index (χ1n) is 5.44. The smallest absolute Gasteiger partial charge is 0.245 e. The molecule has 2 N–H and O–H groups in total. The molecule has 0 heterocycles. The molecule has 0 saturated carbocycles. The van der Waals surface area contributed by atoms with E-state index in [0.717, 1.165) is 16.4 Å². The fraction of sp³-hybridized carbons (Fsp3) is 0.455. The zero-order valence-corrected chi connectivity index (χ0v) is 11.0. The molecule has 102 valence electrons. The molecule has 0 amide bonds. The molecule has 0 bridgehead atoms. The molecule has 18 heavy (non-hydrogen) atoms. The molecule has 1 unspecified atom stereocenters. The Kier molecular flexibility index (Phi) is 4.78. The van der Waals surface area contributed by atoms with Gasteiger partial charge in [-0.15, -0.1) is 0 Å². The number of hydrogen-bond acceptors (Lipinski definition) is 3. The minimum Gasteiger partial charge on any atom is -0.330 e. The van der Waals surface area contributed by atoms with Gasteiger partial charge in [0.15, 0.2) is 0 Å². The Morgan fingerprint density at radius 1 is 1.39 bits per heavy atom. The van der Waals surface area contributed by atoms with Gasteiger partial charge in [0.05, 0.1) is 0 Å². The van der Waals surface area contributed by atoms with E-state index in [1.165, 1.54) is 7.05 Å². The summed E-state index contributed by atoms with van der Waals surface area (Å²) < 4.78 is 51.5. The zero-order valence-electron chi connectivity index (χ0n) is 10.2. The molecule has 0 aliphatic carbocycles. The molecule has 1 aromatic carbocycles. The Balaban J connectivity index is 3.13. The van der Waals surface area contributed by atoms with Crippen LogP contribution in [0, 0.1) is 11.6 Å². The molecule has 0 saturated heterocycles. The number of halogens is 2. The number of hydrogen-bond donors (Lipinski definition) is 1. The monoisotopic (exact) mass is 278 g/mol. The van der Waals surface area contributed by atoms with Crippen LogP contribution in [0.1, 0.15) is 13.3 Å². The van der Waals surface area contributed by atoms with Gasteiger partial charge in [0.2, 0.25) is 10.0 Å². The van der Waals surface area contributed by atoms with E-state index in [4.69, 9.17) is 5.73 Å². The maximum absolute atomic E-state index is 13.5. The van der Waals surface area contributed by atoms with Crippen LogP contribution in [-0.2, 0) is 10.0 Å². The van der Waals surface area contributed by atoms with Crippen LogP contribution >= 0.6 is 0 Å².